The van der Waals surface area contributed by atoms with Gasteiger partial charge in [-0.15, -0.1) is 0 Å². The number of halogens is 1. The molecule has 5 aromatic carbocycles. The zero-order valence-electron chi connectivity index (χ0n) is 17.0. The lowest BCUT2D eigenvalue weighted by atomic mass is 9.92. The lowest BCUT2D eigenvalue weighted by Gasteiger charge is -2.12. The Hall–Kier alpha value is -3.42. The van der Waals surface area contributed by atoms with Crippen molar-refractivity contribution in [2.24, 2.45) is 0 Å². The van der Waals surface area contributed by atoms with Crippen LogP contribution >= 0.6 is 15.9 Å². The van der Waals surface area contributed by atoms with E-state index in [1.165, 1.54) is 44.5 Å². The maximum Gasteiger partial charge on any atom is 0.0181 e. The first-order valence-corrected chi connectivity index (χ1v) is 11.2. The molecule has 0 heterocycles. The van der Waals surface area contributed by atoms with Crippen molar-refractivity contribution in [2.75, 3.05) is 0 Å². The average Bonchev–Trinajstić information content (AvgIpc) is 2.85. The highest BCUT2D eigenvalue weighted by molar-refractivity contribution is 9.10. The molecular weight excluding hydrogens is 440 g/mol. The highest BCUT2D eigenvalue weighted by atomic mass is 79.9. The van der Waals surface area contributed by atoms with Gasteiger partial charge in [-0.1, -0.05) is 107 Å². The highest BCUT2D eigenvalue weighted by Gasteiger charge is 2.08. The number of hydrogen-bond acceptors (Lipinski definition) is 0. The molecule has 0 aliphatic heterocycles. The summed E-state index contributed by atoms with van der Waals surface area (Å²) in [6.45, 7) is 0. The van der Waals surface area contributed by atoms with Crippen LogP contribution in [0, 0.1) is 0 Å². The Balaban J connectivity index is 1.66. The fraction of sp³-hybridized carbons (Fsp3) is 0. The van der Waals surface area contributed by atoms with Crippen molar-refractivity contribution in [3.05, 3.63) is 132 Å². The minimum atomic E-state index is 1.09. The molecule has 0 aromatic heterocycles. The van der Waals surface area contributed by atoms with Crippen molar-refractivity contribution in [1.29, 1.82) is 0 Å². The molecule has 31 heavy (non-hydrogen) atoms. The van der Waals surface area contributed by atoms with Crippen LogP contribution in [-0.2, 0) is 0 Å². The molecular formula is C30H21Br. The number of rotatable bonds is 4. The van der Waals surface area contributed by atoms with E-state index in [4.69, 9.17) is 0 Å². The predicted octanol–water partition coefficient (Wildman–Crippen LogP) is 9.12. The summed E-state index contributed by atoms with van der Waals surface area (Å²) in [5, 5.41) is 0. The van der Waals surface area contributed by atoms with E-state index < -0.39 is 0 Å². The first-order chi connectivity index (χ1) is 15.3. The third-order valence-electron chi connectivity index (χ3n) is 5.50. The van der Waals surface area contributed by atoms with E-state index in [9.17, 15) is 0 Å². The Bertz CT molecular complexity index is 1260. The smallest absolute Gasteiger partial charge is 0.0181 e. The van der Waals surface area contributed by atoms with Gasteiger partial charge < -0.3 is 0 Å². The van der Waals surface area contributed by atoms with Crippen LogP contribution in [-0.4, -0.2) is 0 Å². The van der Waals surface area contributed by atoms with E-state index in [1.54, 1.807) is 0 Å². The molecule has 0 fully saturated rings. The summed E-state index contributed by atoms with van der Waals surface area (Å²) in [6.07, 6.45) is 0. The van der Waals surface area contributed by atoms with Crippen LogP contribution in [0.5, 0.6) is 0 Å². The summed E-state index contributed by atoms with van der Waals surface area (Å²) in [5.74, 6) is 0. The molecule has 5 rings (SSSR count). The largest absolute Gasteiger partial charge is 0.0622 e. The van der Waals surface area contributed by atoms with Gasteiger partial charge in [0.05, 0.1) is 0 Å². The minimum Gasteiger partial charge on any atom is -0.0622 e. The average molecular weight is 461 g/mol. The Morgan fingerprint density at radius 1 is 0.290 bits per heavy atom. The van der Waals surface area contributed by atoms with Gasteiger partial charge in [0.2, 0.25) is 0 Å². The minimum absolute atomic E-state index is 1.09. The van der Waals surface area contributed by atoms with Crippen molar-refractivity contribution >= 4 is 15.9 Å². The van der Waals surface area contributed by atoms with Gasteiger partial charge in [-0.2, -0.15) is 0 Å². The van der Waals surface area contributed by atoms with Crippen LogP contribution in [0.1, 0.15) is 0 Å². The first-order valence-electron chi connectivity index (χ1n) is 10.4. The molecule has 0 saturated carbocycles. The number of hydrogen-bond donors (Lipinski definition) is 0. The fourth-order valence-electron chi connectivity index (χ4n) is 3.94. The molecule has 0 spiro atoms. The molecule has 0 N–H and O–H groups in total. The lowest BCUT2D eigenvalue weighted by Crippen LogP contribution is -1.87. The maximum atomic E-state index is 3.59. The molecule has 0 aliphatic rings. The van der Waals surface area contributed by atoms with Crippen molar-refractivity contribution in [3.63, 3.8) is 0 Å². The quantitative estimate of drug-likeness (QED) is 0.250. The molecule has 0 atom stereocenters. The topological polar surface area (TPSA) is 0 Å². The van der Waals surface area contributed by atoms with E-state index in [1.807, 2.05) is 0 Å². The molecule has 5 aromatic rings. The molecule has 0 saturated heterocycles. The van der Waals surface area contributed by atoms with E-state index >= 15 is 0 Å². The molecule has 0 radical (unpaired) electrons. The Labute approximate surface area is 192 Å². The standard InChI is InChI=1S/C30H21Br/c31-30-16-8-15-26(21-30)24-13-7-14-25(17-24)29-19-27(22-9-3-1-4-10-22)18-28(20-29)23-11-5-2-6-12-23/h1-21H. The van der Waals surface area contributed by atoms with Crippen LogP contribution in [0.25, 0.3) is 44.5 Å². The second-order valence-corrected chi connectivity index (χ2v) is 8.54. The predicted molar refractivity (Wildman–Crippen MR) is 136 cm³/mol. The molecule has 148 valence electrons. The zero-order chi connectivity index (χ0) is 21.0. The molecule has 0 aliphatic carbocycles. The molecule has 0 amide bonds. The van der Waals surface area contributed by atoms with Gasteiger partial charge in [-0.25, -0.2) is 0 Å². The summed E-state index contributed by atoms with van der Waals surface area (Å²) in [5.41, 5.74) is 9.76. The summed E-state index contributed by atoms with van der Waals surface area (Å²) in [6, 6.07) is 45.3. The van der Waals surface area contributed by atoms with Crippen LogP contribution in [0.4, 0.5) is 0 Å². The van der Waals surface area contributed by atoms with Gasteiger partial charge in [0.15, 0.2) is 0 Å². The van der Waals surface area contributed by atoms with Gasteiger partial charge >= 0.3 is 0 Å². The lowest BCUT2D eigenvalue weighted by molar-refractivity contribution is 1.55. The Kier molecular flexibility index (Phi) is 5.52. The number of benzene rings is 5. The van der Waals surface area contributed by atoms with E-state index in [0.717, 1.165) is 4.47 Å². The van der Waals surface area contributed by atoms with Gasteiger partial charge in [0.25, 0.3) is 0 Å². The van der Waals surface area contributed by atoms with Crippen LogP contribution in [0.3, 0.4) is 0 Å². The molecule has 1 heteroatoms. The summed E-state index contributed by atoms with van der Waals surface area (Å²) in [7, 11) is 0. The van der Waals surface area contributed by atoms with E-state index in [-0.39, 0.29) is 0 Å². The van der Waals surface area contributed by atoms with Crippen molar-refractivity contribution in [1.82, 2.24) is 0 Å². The normalized spacial score (nSPS) is 10.7. The van der Waals surface area contributed by atoms with Gasteiger partial charge in [-0.3, -0.25) is 0 Å². The SMILES string of the molecule is Brc1cccc(-c2cccc(-c3cc(-c4ccccc4)cc(-c4ccccc4)c3)c2)c1. The third kappa shape index (κ3) is 4.38. The van der Waals surface area contributed by atoms with Crippen molar-refractivity contribution < 1.29 is 0 Å². The summed E-state index contributed by atoms with van der Waals surface area (Å²) >= 11 is 3.59. The van der Waals surface area contributed by atoms with E-state index in [0.29, 0.717) is 0 Å². The summed E-state index contributed by atoms with van der Waals surface area (Å²) in [4.78, 5) is 0. The first kappa shape index (κ1) is 19.5. The monoisotopic (exact) mass is 460 g/mol. The Morgan fingerprint density at radius 3 is 1.16 bits per heavy atom. The van der Waals surface area contributed by atoms with Gasteiger partial charge in [0, 0.05) is 4.47 Å². The molecule has 0 unspecified atom stereocenters. The third-order valence-corrected chi connectivity index (χ3v) is 5.99. The van der Waals surface area contributed by atoms with Crippen LogP contribution in [0.15, 0.2) is 132 Å². The summed E-state index contributed by atoms with van der Waals surface area (Å²) < 4.78 is 1.09. The van der Waals surface area contributed by atoms with E-state index in [2.05, 4.69) is 143 Å². The van der Waals surface area contributed by atoms with Crippen LogP contribution in [0.2, 0.25) is 0 Å². The Morgan fingerprint density at radius 2 is 0.645 bits per heavy atom. The zero-order valence-corrected chi connectivity index (χ0v) is 18.6. The van der Waals surface area contributed by atoms with Crippen LogP contribution < -0.4 is 0 Å². The molecule has 0 bridgehead atoms. The van der Waals surface area contributed by atoms with Gasteiger partial charge in [0.1, 0.15) is 0 Å². The van der Waals surface area contributed by atoms with Crippen molar-refractivity contribution in [3.8, 4) is 44.5 Å². The second kappa shape index (κ2) is 8.75. The highest BCUT2D eigenvalue weighted by Crippen LogP contribution is 2.34. The molecule has 0 nitrogen and oxygen atoms in total. The van der Waals surface area contributed by atoms with Crippen molar-refractivity contribution in [2.45, 2.75) is 0 Å². The fourth-order valence-corrected chi connectivity index (χ4v) is 4.33. The second-order valence-electron chi connectivity index (χ2n) is 7.62. The maximum absolute atomic E-state index is 3.59. The van der Waals surface area contributed by atoms with Gasteiger partial charge in [-0.05, 0) is 80.9 Å².